The van der Waals surface area contributed by atoms with Crippen LogP contribution in [0.15, 0.2) is 0 Å². The highest BCUT2D eigenvalue weighted by atomic mass is 31.2. The van der Waals surface area contributed by atoms with E-state index >= 15 is 0 Å². The fourth-order valence-corrected chi connectivity index (χ4v) is 4.38. The van der Waals surface area contributed by atoms with E-state index in [9.17, 15) is 0 Å². The van der Waals surface area contributed by atoms with Gasteiger partial charge in [0.25, 0.3) is 0 Å². The number of aliphatic hydroxyl groups is 2. The Morgan fingerprint density at radius 2 is 0.930 bits per heavy atom. The second-order valence-electron chi connectivity index (χ2n) is 11.2. The van der Waals surface area contributed by atoms with Crippen LogP contribution in [-0.4, -0.2) is 76.3 Å². The molecule has 0 rings (SSSR count). The topological polar surface area (TPSA) is 149 Å². The summed E-state index contributed by atoms with van der Waals surface area (Å²) in [5.41, 5.74) is 0. The van der Waals surface area contributed by atoms with Crippen LogP contribution in [-0.2, 0) is 19.0 Å². The van der Waals surface area contributed by atoms with E-state index < -0.39 is 7.82 Å². The molecule has 0 spiro atoms. The summed E-state index contributed by atoms with van der Waals surface area (Å²) in [6, 6.07) is 0. The summed E-state index contributed by atoms with van der Waals surface area (Å²) in [7, 11) is -4.64. The van der Waals surface area contributed by atoms with Crippen molar-refractivity contribution in [2.45, 2.75) is 150 Å². The fourth-order valence-electron chi connectivity index (χ4n) is 4.38. The molecule has 43 heavy (non-hydrogen) atoms. The minimum atomic E-state index is -4.64. The molecule has 2 unspecified atom stereocenters. The molecule has 0 aromatic carbocycles. The Bertz CT molecular complexity index is 523. The lowest BCUT2D eigenvalue weighted by atomic mass is 9.99. The van der Waals surface area contributed by atoms with E-state index in [4.69, 9.17) is 43.9 Å². The molecule has 0 heterocycles. The van der Waals surface area contributed by atoms with Crippen LogP contribution in [0.4, 0.5) is 0 Å². The first-order valence-electron chi connectivity index (χ1n) is 17.2. The number of ether oxygens (including phenoxy) is 1. The van der Waals surface area contributed by atoms with Crippen LogP contribution in [0.5, 0.6) is 0 Å². The van der Waals surface area contributed by atoms with Gasteiger partial charge < -0.3 is 29.6 Å². The number of unbranched alkanes of at least 4 members (excludes halogenated alkanes) is 11. The minimum absolute atomic E-state index is 0.0307. The van der Waals surface area contributed by atoms with Crippen LogP contribution >= 0.6 is 7.82 Å². The molecule has 0 bridgehead atoms. The first-order chi connectivity index (χ1) is 20.6. The van der Waals surface area contributed by atoms with Gasteiger partial charge in [-0.15, -0.1) is 0 Å². The Hall–Kier alpha value is -0.130. The third-order valence-corrected chi connectivity index (χ3v) is 7.14. The Morgan fingerprint density at radius 1 is 0.581 bits per heavy atom. The third kappa shape index (κ3) is 46.4. The number of phosphoric acid groups is 1. The van der Waals surface area contributed by atoms with Crippen molar-refractivity contribution in [1.29, 1.82) is 0 Å². The zero-order valence-electron chi connectivity index (χ0n) is 28.6. The molecule has 11 heteroatoms. The number of hydrogen-bond donors (Lipinski definition) is 5. The van der Waals surface area contributed by atoms with Crippen molar-refractivity contribution < 1.29 is 43.9 Å². The minimum Gasteiger partial charge on any atom is -0.394 e. The van der Waals surface area contributed by atoms with Crippen molar-refractivity contribution in [2.75, 3.05) is 46.2 Å². The van der Waals surface area contributed by atoms with Gasteiger partial charge >= 0.3 is 7.82 Å². The monoisotopic (exact) mass is 645 g/mol. The van der Waals surface area contributed by atoms with E-state index in [1.807, 2.05) is 0 Å². The largest absolute Gasteiger partial charge is 0.466 e. The number of hydroxylamine groups is 2. The first kappa shape index (κ1) is 47.3. The second kappa shape index (κ2) is 38.1. The van der Waals surface area contributed by atoms with E-state index in [2.05, 4.69) is 34.6 Å². The van der Waals surface area contributed by atoms with Crippen molar-refractivity contribution in [2.24, 2.45) is 11.8 Å². The number of hydrogen-bond acceptors (Lipinski definition) is 7. The molecule has 0 aliphatic rings. The summed E-state index contributed by atoms with van der Waals surface area (Å²) < 4.78 is 14.8. The van der Waals surface area contributed by atoms with Crippen molar-refractivity contribution in [3.05, 3.63) is 0 Å². The van der Waals surface area contributed by atoms with Crippen molar-refractivity contribution in [3.63, 3.8) is 0 Å². The predicted octanol–water partition coefficient (Wildman–Crippen LogP) is 7.56. The van der Waals surface area contributed by atoms with Gasteiger partial charge in [0, 0.05) is 13.2 Å². The Kier molecular flexibility index (Phi) is 41.8. The Morgan fingerprint density at radius 3 is 1.26 bits per heavy atom. The van der Waals surface area contributed by atoms with Crippen molar-refractivity contribution >= 4 is 7.82 Å². The van der Waals surface area contributed by atoms with E-state index in [1.165, 1.54) is 108 Å². The molecule has 2 atom stereocenters. The van der Waals surface area contributed by atoms with E-state index in [-0.39, 0.29) is 26.4 Å². The number of rotatable bonds is 29. The lowest BCUT2D eigenvalue weighted by Crippen LogP contribution is -2.28. The SMILES string of the molecule is CCCCC(CC)COCC(CC)CCCC.CCCCCCCCCCCCN(OCCO)OCCO.O=P(O)(O)O. The Labute approximate surface area is 265 Å². The van der Waals surface area contributed by atoms with Gasteiger partial charge in [0.05, 0.1) is 33.0 Å². The van der Waals surface area contributed by atoms with E-state index in [0.717, 1.165) is 37.9 Å². The zero-order valence-corrected chi connectivity index (χ0v) is 29.5. The van der Waals surface area contributed by atoms with Crippen LogP contribution in [0.3, 0.4) is 0 Å². The van der Waals surface area contributed by atoms with Gasteiger partial charge in [-0.1, -0.05) is 136 Å². The van der Waals surface area contributed by atoms with Gasteiger partial charge in [0.15, 0.2) is 0 Å². The maximum atomic E-state index is 8.88. The average molecular weight is 646 g/mol. The highest BCUT2D eigenvalue weighted by Gasteiger charge is 2.10. The molecule has 0 aliphatic carbocycles. The molecule has 0 aromatic heterocycles. The molecule has 0 saturated carbocycles. The first-order valence-corrected chi connectivity index (χ1v) is 18.8. The standard InChI is InChI=1S/C16H35NO4.C16H34O.H3O4P/c1-2-3-4-5-6-7-8-9-10-11-12-17(20-15-13-18)21-16-14-19;1-5-9-11-15(7-3)13-17-14-16(8-4)12-10-6-2;1-5(2,3)4/h18-19H,2-16H2,1H3;15-16H,5-14H2,1-4H3;(H3,1,2,3,4). The van der Waals surface area contributed by atoms with Crippen molar-refractivity contribution in [1.82, 2.24) is 5.23 Å². The average Bonchev–Trinajstić information content (AvgIpc) is 2.97. The van der Waals surface area contributed by atoms with E-state index in [0.29, 0.717) is 6.54 Å². The molecule has 0 fully saturated rings. The highest BCUT2D eigenvalue weighted by Crippen LogP contribution is 2.25. The molecular formula is C32H72NO9P. The predicted molar refractivity (Wildman–Crippen MR) is 176 cm³/mol. The molecule has 0 aromatic rings. The maximum Gasteiger partial charge on any atom is 0.466 e. The molecule has 264 valence electrons. The summed E-state index contributed by atoms with van der Waals surface area (Å²) in [6.45, 7) is 14.4. The number of nitrogens with zero attached hydrogens (tertiary/aromatic N) is 1. The zero-order chi connectivity index (χ0) is 33.0. The van der Waals surface area contributed by atoms with E-state index in [1.54, 1.807) is 0 Å². The smallest absolute Gasteiger partial charge is 0.394 e. The molecule has 0 aliphatic heterocycles. The number of aliphatic hydroxyl groups excluding tert-OH is 2. The summed E-state index contributed by atoms with van der Waals surface area (Å²) in [6.07, 6.45) is 23.5. The van der Waals surface area contributed by atoms with Crippen LogP contribution < -0.4 is 0 Å². The maximum absolute atomic E-state index is 8.88. The molecular weight excluding hydrogens is 573 g/mol. The van der Waals surface area contributed by atoms with Gasteiger partial charge in [0.2, 0.25) is 0 Å². The van der Waals surface area contributed by atoms with Crippen molar-refractivity contribution in [3.8, 4) is 0 Å². The van der Waals surface area contributed by atoms with Gasteiger partial charge in [-0.25, -0.2) is 4.57 Å². The summed E-state index contributed by atoms with van der Waals surface area (Å²) in [5.74, 6) is 1.58. The van der Waals surface area contributed by atoms with Gasteiger partial charge in [-0.05, 0) is 31.1 Å². The van der Waals surface area contributed by atoms with Crippen LogP contribution in [0.1, 0.15) is 150 Å². The summed E-state index contributed by atoms with van der Waals surface area (Å²) in [5, 5.41) is 18.8. The second-order valence-corrected chi connectivity index (χ2v) is 12.3. The molecule has 0 saturated heterocycles. The molecule has 0 amide bonds. The van der Waals surface area contributed by atoms with Gasteiger partial charge in [-0.3, -0.25) is 9.68 Å². The fraction of sp³-hybridized carbons (Fsp3) is 1.00. The van der Waals surface area contributed by atoms with Crippen LogP contribution in [0, 0.1) is 11.8 Å². The molecule has 10 nitrogen and oxygen atoms in total. The van der Waals surface area contributed by atoms with Gasteiger partial charge in [-0.2, -0.15) is 0 Å². The summed E-state index contributed by atoms with van der Waals surface area (Å²) >= 11 is 0. The lowest BCUT2D eigenvalue weighted by Gasteiger charge is -2.20. The highest BCUT2D eigenvalue weighted by molar-refractivity contribution is 7.45. The van der Waals surface area contributed by atoms with Crippen LogP contribution in [0.2, 0.25) is 0 Å². The molecule has 5 N–H and O–H groups in total. The quantitative estimate of drug-likeness (QED) is 0.0313. The Balaban J connectivity index is -0.000000652. The summed E-state index contributed by atoms with van der Waals surface area (Å²) in [4.78, 5) is 32.0. The molecule has 0 radical (unpaired) electrons. The van der Waals surface area contributed by atoms with Crippen LogP contribution in [0.25, 0.3) is 0 Å². The normalized spacial score (nSPS) is 12.8. The van der Waals surface area contributed by atoms with Gasteiger partial charge in [0.1, 0.15) is 0 Å². The third-order valence-electron chi connectivity index (χ3n) is 7.14. The lowest BCUT2D eigenvalue weighted by molar-refractivity contribution is -0.371.